The maximum Gasteiger partial charge on any atom is 0.335 e. The number of ether oxygens (including phenoxy) is 1. The largest absolute Gasteiger partial charge is 0.426 e. The van der Waals surface area contributed by atoms with Crippen LogP contribution >= 0.6 is 0 Å². The molecule has 1 N–H and O–H groups in total. The first-order valence-electron chi connectivity index (χ1n) is 3.70. The van der Waals surface area contributed by atoms with E-state index in [1.165, 1.54) is 13.0 Å². The summed E-state index contributed by atoms with van der Waals surface area (Å²) in [7, 11) is 0. The number of rotatable bonds is 4. The van der Waals surface area contributed by atoms with E-state index in [9.17, 15) is 9.90 Å². The quantitative estimate of drug-likeness (QED) is 0.300. The fourth-order valence-corrected chi connectivity index (χ4v) is 0.506. The molecule has 0 aromatic carbocycles. The SMILES string of the molecule is C=CC(O)(CC)OC(=O)C(=C)C. The average Bonchev–Trinajstić information content (AvgIpc) is 2.04. The summed E-state index contributed by atoms with van der Waals surface area (Å²) in [5, 5.41) is 9.45. The topological polar surface area (TPSA) is 46.5 Å². The van der Waals surface area contributed by atoms with Crippen LogP contribution in [0.15, 0.2) is 24.8 Å². The highest BCUT2D eigenvalue weighted by atomic mass is 16.7. The molecule has 3 heteroatoms. The molecule has 0 heterocycles. The van der Waals surface area contributed by atoms with Crippen molar-refractivity contribution in [1.29, 1.82) is 0 Å². The summed E-state index contributed by atoms with van der Waals surface area (Å²) < 4.78 is 4.70. The summed E-state index contributed by atoms with van der Waals surface area (Å²) in [5.41, 5.74) is 0.253. The molecule has 0 aromatic heterocycles. The van der Waals surface area contributed by atoms with E-state index in [4.69, 9.17) is 4.74 Å². The summed E-state index contributed by atoms with van der Waals surface area (Å²) in [4.78, 5) is 10.9. The Morgan fingerprint density at radius 2 is 2.25 bits per heavy atom. The molecule has 12 heavy (non-hydrogen) atoms. The molecule has 0 amide bonds. The molecule has 0 fully saturated rings. The minimum Gasteiger partial charge on any atom is -0.426 e. The zero-order valence-corrected chi connectivity index (χ0v) is 7.46. The molecule has 0 aliphatic rings. The molecule has 0 aliphatic carbocycles. The second-order valence-corrected chi connectivity index (χ2v) is 2.57. The summed E-state index contributed by atoms with van der Waals surface area (Å²) >= 11 is 0. The maximum absolute atomic E-state index is 10.9. The second kappa shape index (κ2) is 4.07. The van der Waals surface area contributed by atoms with Gasteiger partial charge in [0.05, 0.1) is 0 Å². The van der Waals surface area contributed by atoms with Crippen LogP contribution in [0.3, 0.4) is 0 Å². The van der Waals surface area contributed by atoms with Gasteiger partial charge in [0, 0.05) is 12.0 Å². The van der Waals surface area contributed by atoms with Crippen LogP contribution in [0.25, 0.3) is 0 Å². The molecule has 0 saturated heterocycles. The Morgan fingerprint density at radius 1 is 1.75 bits per heavy atom. The molecule has 0 radical (unpaired) electrons. The Morgan fingerprint density at radius 3 is 2.50 bits per heavy atom. The van der Waals surface area contributed by atoms with Gasteiger partial charge in [-0.1, -0.05) is 20.1 Å². The summed E-state index contributed by atoms with van der Waals surface area (Å²) in [5.74, 6) is -2.17. The zero-order valence-electron chi connectivity index (χ0n) is 7.46. The Labute approximate surface area is 72.3 Å². The van der Waals surface area contributed by atoms with Crippen LogP contribution in [0.1, 0.15) is 20.3 Å². The van der Waals surface area contributed by atoms with Gasteiger partial charge >= 0.3 is 5.97 Å². The Bertz CT molecular complexity index is 208. The van der Waals surface area contributed by atoms with Gasteiger partial charge in [-0.25, -0.2) is 4.79 Å². The van der Waals surface area contributed by atoms with Crippen LogP contribution in [0.5, 0.6) is 0 Å². The van der Waals surface area contributed by atoms with Gasteiger partial charge in [0.2, 0.25) is 5.79 Å². The van der Waals surface area contributed by atoms with Gasteiger partial charge in [0.25, 0.3) is 0 Å². The normalized spacial score (nSPS) is 14.6. The van der Waals surface area contributed by atoms with Gasteiger partial charge in [0.1, 0.15) is 0 Å². The number of carbonyl (C=O) groups excluding carboxylic acids is 1. The van der Waals surface area contributed by atoms with Crippen LogP contribution < -0.4 is 0 Å². The molecule has 0 saturated carbocycles. The summed E-state index contributed by atoms with van der Waals surface area (Å²) in [6.07, 6.45) is 1.46. The third-order valence-corrected chi connectivity index (χ3v) is 1.44. The van der Waals surface area contributed by atoms with Gasteiger partial charge in [-0.15, -0.1) is 0 Å². The number of esters is 1. The predicted octanol–water partition coefficient (Wildman–Crippen LogP) is 1.39. The molecule has 68 valence electrons. The van der Waals surface area contributed by atoms with Gasteiger partial charge in [0.15, 0.2) is 0 Å². The maximum atomic E-state index is 10.9. The lowest BCUT2D eigenvalue weighted by molar-refractivity contribution is -0.186. The Balaban J connectivity index is 4.31. The molecule has 0 aromatic rings. The van der Waals surface area contributed by atoms with E-state index in [1.807, 2.05) is 0 Å². The second-order valence-electron chi connectivity index (χ2n) is 2.57. The Kier molecular flexibility index (Phi) is 3.70. The highest BCUT2D eigenvalue weighted by Gasteiger charge is 2.25. The first kappa shape index (κ1) is 10.9. The van der Waals surface area contributed by atoms with Crippen LogP contribution in [-0.4, -0.2) is 16.9 Å². The predicted molar refractivity (Wildman–Crippen MR) is 46.3 cm³/mol. The van der Waals surface area contributed by atoms with E-state index in [1.54, 1.807) is 6.92 Å². The average molecular weight is 170 g/mol. The lowest BCUT2D eigenvalue weighted by Gasteiger charge is -2.22. The van der Waals surface area contributed by atoms with Crippen molar-refractivity contribution in [2.75, 3.05) is 0 Å². The van der Waals surface area contributed by atoms with E-state index in [2.05, 4.69) is 13.2 Å². The van der Waals surface area contributed by atoms with Crippen molar-refractivity contribution >= 4 is 5.97 Å². The van der Waals surface area contributed by atoms with E-state index in [0.717, 1.165) is 0 Å². The van der Waals surface area contributed by atoms with Crippen LogP contribution in [0.2, 0.25) is 0 Å². The van der Waals surface area contributed by atoms with Gasteiger partial charge in [-0.3, -0.25) is 0 Å². The first-order valence-corrected chi connectivity index (χ1v) is 3.70. The molecule has 0 bridgehead atoms. The number of hydrogen-bond donors (Lipinski definition) is 1. The molecule has 1 atom stereocenters. The van der Waals surface area contributed by atoms with Crippen molar-refractivity contribution in [1.82, 2.24) is 0 Å². The highest BCUT2D eigenvalue weighted by molar-refractivity contribution is 5.87. The fourth-order valence-electron chi connectivity index (χ4n) is 0.506. The van der Waals surface area contributed by atoms with Crippen molar-refractivity contribution < 1.29 is 14.6 Å². The lowest BCUT2D eigenvalue weighted by Crippen LogP contribution is -2.31. The molecule has 1 unspecified atom stereocenters. The number of carbonyl (C=O) groups is 1. The van der Waals surface area contributed by atoms with Crippen LogP contribution in [-0.2, 0) is 9.53 Å². The summed E-state index contributed by atoms with van der Waals surface area (Å²) in [6, 6.07) is 0. The minimum absolute atomic E-state index is 0.253. The molecule has 0 rings (SSSR count). The smallest absolute Gasteiger partial charge is 0.335 e. The highest BCUT2D eigenvalue weighted by Crippen LogP contribution is 2.14. The van der Waals surface area contributed by atoms with E-state index < -0.39 is 11.8 Å². The van der Waals surface area contributed by atoms with E-state index in [0.29, 0.717) is 0 Å². The van der Waals surface area contributed by atoms with E-state index in [-0.39, 0.29) is 12.0 Å². The molecular formula is C9H14O3. The first-order chi connectivity index (χ1) is 5.45. The van der Waals surface area contributed by atoms with Crippen molar-refractivity contribution in [2.24, 2.45) is 0 Å². The molecular weight excluding hydrogens is 156 g/mol. The minimum atomic E-state index is -1.56. The third-order valence-electron chi connectivity index (χ3n) is 1.44. The lowest BCUT2D eigenvalue weighted by atomic mass is 10.2. The third kappa shape index (κ3) is 2.88. The fraction of sp³-hybridized carbons (Fsp3) is 0.444. The van der Waals surface area contributed by atoms with Crippen LogP contribution in [0, 0.1) is 0 Å². The summed E-state index contributed by atoms with van der Waals surface area (Å²) in [6.45, 7) is 9.95. The molecule has 0 spiro atoms. The van der Waals surface area contributed by atoms with Crippen molar-refractivity contribution in [2.45, 2.75) is 26.1 Å². The monoisotopic (exact) mass is 170 g/mol. The van der Waals surface area contributed by atoms with Crippen molar-refractivity contribution in [3.63, 3.8) is 0 Å². The van der Waals surface area contributed by atoms with Gasteiger partial charge < -0.3 is 9.84 Å². The van der Waals surface area contributed by atoms with Gasteiger partial charge in [-0.05, 0) is 13.0 Å². The standard InChI is InChI=1S/C9H14O3/c1-5-9(11,6-2)12-8(10)7(3)4/h5,11H,1,3,6H2,2,4H3. The van der Waals surface area contributed by atoms with Crippen LogP contribution in [0.4, 0.5) is 0 Å². The Hall–Kier alpha value is -1.09. The molecule has 0 aliphatic heterocycles. The number of hydrogen-bond acceptors (Lipinski definition) is 3. The van der Waals surface area contributed by atoms with Crippen molar-refractivity contribution in [3.05, 3.63) is 24.8 Å². The van der Waals surface area contributed by atoms with Gasteiger partial charge in [-0.2, -0.15) is 0 Å². The van der Waals surface area contributed by atoms with Crippen molar-refractivity contribution in [3.8, 4) is 0 Å². The molecule has 3 nitrogen and oxygen atoms in total. The zero-order chi connectivity index (χ0) is 9.78. The number of aliphatic hydroxyl groups is 1. The van der Waals surface area contributed by atoms with E-state index >= 15 is 0 Å².